The van der Waals surface area contributed by atoms with Crippen molar-refractivity contribution in [3.8, 4) is 17.0 Å². The molecule has 24 heavy (non-hydrogen) atoms. The van der Waals surface area contributed by atoms with Gasteiger partial charge >= 0.3 is 0 Å². The predicted octanol–water partition coefficient (Wildman–Crippen LogP) is 3.98. The Morgan fingerprint density at radius 2 is 1.75 bits per heavy atom. The maximum atomic E-state index is 11.4. The molecule has 124 valence electrons. The molecular weight excluding hydrogens is 350 g/mol. The number of hydrogen-bond acceptors (Lipinski definition) is 5. The van der Waals surface area contributed by atoms with Crippen LogP contribution in [0, 0.1) is 0 Å². The monoisotopic (exact) mass is 363 g/mol. The zero-order valence-electron chi connectivity index (χ0n) is 12.8. The molecule has 0 fully saturated rings. The second-order valence-corrected chi connectivity index (χ2v) is 7.67. The van der Waals surface area contributed by atoms with Crippen molar-refractivity contribution in [2.24, 2.45) is 0 Å². The largest absolute Gasteiger partial charge is 0.486 e. The Hall–Kier alpha value is -2.31. The number of sulfone groups is 1. The summed E-state index contributed by atoms with van der Waals surface area (Å²) < 4.78 is 33.6. The summed E-state index contributed by atoms with van der Waals surface area (Å²) in [5.74, 6) is 1.11. The van der Waals surface area contributed by atoms with Gasteiger partial charge in [0.2, 0.25) is 0 Å². The molecule has 1 heterocycles. The lowest BCUT2D eigenvalue weighted by molar-refractivity contribution is 0.249. The van der Waals surface area contributed by atoms with Gasteiger partial charge in [0, 0.05) is 22.9 Å². The minimum absolute atomic E-state index is 0.193. The smallest absolute Gasteiger partial charge is 0.175 e. The zero-order valence-corrected chi connectivity index (χ0v) is 14.3. The maximum Gasteiger partial charge on any atom is 0.175 e. The standard InChI is InChI=1S/C17H14ClNO4S/c1-24(20,21)16-8-6-14(7-9-16)22-11-15-10-17(19-23-15)12-2-4-13(18)5-3-12/h2-10H,11H2,1H3. The average molecular weight is 364 g/mol. The first kappa shape index (κ1) is 16.5. The van der Waals surface area contributed by atoms with Gasteiger partial charge in [0.05, 0.1) is 4.90 Å². The van der Waals surface area contributed by atoms with E-state index in [1.54, 1.807) is 30.3 Å². The molecule has 3 aromatic rings. The third kappa shape index (κ3) is 3.96. The van der Waals surface area contributed by atoms with Crippen LogP contribution >= 0.6 is 11.6 Å². The SMILES string of the molecule is CS(=O)(=O)c1ccc(OCc2cc(-c3ccc(Cl)cc3)no2)cc1. The Labute approximate surface area is 144 Å². The van der Waals surface area contributed by atoms with Gasteiger partial charge in [-0.3, -0.25) is 0 Å². The third-order valence-corrected chi connectivity index (χ3v) is 4.71. The number of benzene rings is 2. The summed E-state index contributed by atoms with van der Waals surface area (Å²) in [6.45, 7) is 0.193. The predicted molar refractivity (Wildman–Crippen MR) is 90.8 cm³/mol. The molecule has 0 unspecified atom stereocenters. The zero-order chi connectivity index (χ0) is 17.2. The Morgan fingerprint density at radius 1 is 1.08 bits per heavy atom. The third-order valence-electron chi connectivity index (χ3n) is 3.33. The highest BCUT2D eigenvalue weighted by Gasteiger charge is 2.09. The lowest BCUT2D eigenvalue weighted by atomic mass is 10.1. The van der Waals surface area contributed by atoms with Crippen LogP contribution in [0.1, 0.15) is 5.76 Å². The highest BCUT2D eigenvalue weighted by atomic mass is 35.5. The summed E-state index contributed by atoms with van der Waals surface area (Å²) in [5.41, 5.74) is 1.59. The van der Waals surface area contributed by atoms with Gasteiger partial charge in [-0.05, 0) is 36.4 Å². The summed E-state index contributed by atoms with van der Waals surface area (Å²) in [6.07, 6.45) is 1.16. The van der Waals surface area contributed by atoms with E-state index in [-0.39, 0.29) is 11.5 Å². The molecule has 0 aliphatic rings. The van der Waals surface area contributed by atoms with Crippen LogP contribution in [0.2, 0.25) is 5.02 Å². The minimum Gasteiger partial charge on any atom is -0.486 e. The molecule has 0 aliphatic carbocycles. The average Bonchev–Trinajstić information content (AvgIpc) is 3.02. The van der Waals surface area contributed by atoms with Crippen molar-refractivity contribution in [2.75, 3.05) is 6.26 Å². The number of ether oxygens (including phenoxy) is 1. The molecule has 0 radical (unpaired) electrons. The second kappa shape index (κ2) is 6.67. The molecule has 3 rings (SSSR count). The van der Waals surface area contributed by atoms with Gasteiger partial charge in [-0.15, -0.1) is 0 Å². The number of rotatable bonds is 5. The Kier molecular flexibility index (Phi) is 4.59. The van der Waals surface area contributed by atoms with Crippen molar-refractivity contribution >= 4 is 21.4 Å². The van der Waals surface area contributed by atoms with Gasteiger partial charge < -0.3 is 9.26 Å². The molecule has 2 aromatic carbocycles. The lowest BCUT2D eigenvalue weighted by Crippen LogP contribution is -1.98. The Balaban J connectivity index is 1.66. The highest BCUT2D eigenvalue weighted by molar-refractivity contribution is 7.90. The van der Waals surface area contributed by atoms with Gasteiger partial charge in [-0.2, -0.15) is 0 Å². The number of hydrogen-bond donors (Lipinski definition) is 0. The molecule has 0 amide bonds. The molecule has 5 nitrogen and oxygen atoms in total. The van der Waals surface area contributed by atoms with Gasteiger partial charge in [0.15, 0.2) is 15.6 Å². The van der Waals surface area contributed by atoms with Crippen LogP contribution in [0.15, 0.2) is 64.0 Å². The Morgan fingerprint density at radius 3 is 2.38 bits per heavy atom. The van der Waals surface area contributed by atoms with E-state index >= 15 is 0 Å². The van der Waals surface area contributed by atoms with E-state index in [1.165, 1.54) is 12.1 Å². The molecule has 0 saturated heterocycles. The highest BCUT2D eigenvalue weighted by Crippen LogP contribution is 2.22. The summed E-state index contributed by atoms with van der Waals surface area (Å²) >= 11 is 5.86. The number of halogens is 1. The number of nitrogens with zero attached hydrogens (tertiary/aromatic N) is 1. The Bertz CT molecular complexity index is 931. The van der Waals surface area contributed by atoms with E-state index in [4.69, 9.17) is 20.9 Å². The lowest BCUT2D eigenvalue weighted by Gasteiger charge is -2.04. The summed E-state index contributed by atoms with van der Waals surface area (Å²) in [7, 11) is -3.21. The fourth-order valence-electron chi connectivity index (χ4n) is 2.08. The van der Waals surface area contributed by atoms with E-state index in [0.717, 1.165) is 11.8 Å². The topological polar surface area (TPSA) is 69.4 Å². The number of aromatic nitrogens is 1. The van der Waals surface area contributed by atoms with Crippen molar-refractivity contribution < 1.29 is 17.7 Å². The second-order valence-electron chi connectivity index (χ2n) is 5.22. The maximum absolute atomic E-state index is 11.4. The first-order valence-corrected chi connectivity index (χ1v) is 9.33. The first-order valence-electron chi connectivity index (χ1n) is 7.06. The van der Waals surface area contributed by atoms with Crippen LogP contribution in [-0.2, 0) is 16.4 Å². The van der Waals surface area contributed by atoms with Crippen LogP contribution in [0.4, 0.5) is 0 Å². The van der Waals surface area contributed by atoms with Crippen LogP contribution in [0.25, 0.3) is 11.3 Å². The molecule has 0 bridgehead atoms. The summed E-state index contributed by atoms with van der Waals surface area (Å²) in [6, 6.07) is 15.3. The first-order chi connectivity index (χ1) is 11.4. The molecule has 1 aromatic heterocycles. The van der Waals surface area contributed by atoms with E-state index in [1.807, 2.05) is 12.1 Å². The molecule has 0 spiro atoms. The van der Waals surface area contributed by atoms with Crippen molar-refractivity contribution in [2.45, 2.75) is 11.5 Å². The van der Waals surface area contributed by atoms with Gasteiger partial charge in [0.1, 0.15) is 18.1 Å². The van der Waals surface area contributed by atoms with Crippen molar-refractivity contribution in [3.63, 3.8) is 0 Å². The van der Waals surface area contributed by atoms with E-state index in [2.05, 4.69) is 5.16 Å². The molecule has 0 saturated carbocycles. The summed E-state index contributed by atoms with van der Waals surface area (Å²) in [4.78, 5) is 0.250. The van der Waals surface area contributed by atoms with Crippen molar-refractivity contribution in [1.29, 1.82) is 0 Å². The normalized spacial score (nSPS) is 11.4. The molecule has 0 atom stereocenters. The van der Waals surface area contributed by atoms with Crippen molar-refractivity contribution in [3.05, 3.63) is 65.4 Å². The summed E-state index contributed by atoms with van der Waals surface area (Å²) in [5, 5.41) is 4.65. The van der Waals surface area contributed by atoms with Crippen LogP contribution in [-0.4, -0.2) is 19.8 Å². The van der Waals surface area contributed by atoms with E-state index in [0.29, 0.717) is 22.2 Å². The van der Waals surface area contributed by atoms with Crippen molar-refractivity contribution in [1.82, 2.24) is 5.16 Å². The fourth-order valence-corrected chi connectivity index (χ4v) is 2.83. The van der Waals surface area contributed by atoms with E-state index < -0.39 is 9.84 Å². The minimum atomic E-state index is -3.21. The van der Waals surface area contributed by atoms with Gasteiger partial charge in [-0.25, -0.2) is 8.42 Å². The molecule has 7 heteroatoms. The van der Waals surface area contributed by atoms with Crippen LogP contribution in [0.3, 0.4) is 0 Å². The molecule has 0 aliphatic heterocycles. The van der Waals surface area contributed by atoms with Crippen LogP contribution < -0.4 is 4.74 Å². The van der Waals surface area contributed by atoms with Crippen LogP contribution in [0.5, 0.6) is 5.75 Å². The fraction of sp³-hybridized carbons (Fsp3) is 0.118. The molecular formula is C17H14ClNO4S. The van der Waals surface area contributed by atoms with E-state index in [9.17, 15) is 8.42 Å². The quantitative estimate of drug-likeness (QED) is 0.685. The van der Waals surface area contributed by atoms with Gasteiger partial charge in [-0.1, -0.05) is 28.9 Å². The molecule has 0 N–H and O–H groups in total. The van der Waals surface area contributed by atoms with Gasteiger partial charge in [0.25, 0.3) is 0 Å².